The standard InChI is InChI=1S/C11H17NO2S/c12-10-2-4-11(5-3-10)14-7-9-15-8-1-6-13/h2-5,13H,1,6-9,12H2. The summed E-state index contributed by atoms with van der Waals surface area (Å²) in [4.78, 5) is 0. The zero-order chi connectivity index (χ0) is 10.9. The SMILES string of the molecule is Nc1ccc(OCCSCCCO)cc1. The number of ether oxygens (including phenoxy) is 1. The first-order chi connectivity index (χ1) is 7.33. The van der Waals surface area contributed by atoms with Crippen LogP contribution in [0.1, 0.15) is 6.42 Å². The van der Waals surface area contributed by atoms with E-state index in [1.807, 2.05) is 24.3 Å². The van der Waals surface area contributed by atoms with Crippen LogP contribution in [0.3, 0.4) is 0 Å². The number of anilines is 1. The highest BCUT2D eigenvalue weighted by Gasteiger charge is 1.93. The summed E-state index contributed by atoms with van der Waals surface area (Å²) < 4.78 is 5.50. The Morgan fingerprint density at radius 2 is 1.93 bits per heavy atom. The predicted octanol–water partition coefficient (Wildman–Crippen LogP) is 1.76. The van der Waals surface area contributed by atoms with Crippen LogP contribution in [0.5, 0.6) is 5.75 Å². The van der Waals surface area contributed by atoms with Gasteiger partial charge < -0.3 is 15.6 Å². The zero-order valence-electron chi connectivity index (χ0n) is 8.69. The Balaban J connectivity index is 2.07. The number of thioether (sulfide) groups is 1. The van der Waals surface area contributed by atoms with Gasteiger partial charge in [0, 0.05) is 18.0 Å². The van der Waals surface area contributed by atoms with Gasteiger partial charge in [-0.25, -0.2) is 0 Å². The van der Waals surface area contributed by atoms with E-state index in [-0.39, 0.29) is 6.61 Å². The van der Waals surface area contributed by atoms with Crippen molar-refractivity contribution in [3.05, 3.63) is 24.3 Å². The molecular weight excluding hydrogens is 210 g/mol. The van der Waals surface area contributed by atoms with Crippen LogP contribution in [0, 0.1) is 0 Å². The summed E-state index contributed by atoms with van der Waals surface area (Å²) in [5.41, 5.74) is 6.30. The summed E-state index contributed by atoms with van der Waals surface area (Å²) in [6.07, 6.45) is 0.854. The molecule has 0 aromatic heterocycles. The van der Waals surface area contributed by atoms with Gasteiger partial charge in [-0.05, 0) is 36.4 Å². The maximum absolute atomic E-state index is 8.57. The van der Waals surface area contributed by atoms with Crippen LogP contribution in [0.25, 0.3) is 0 Å². The van der Waals surface area contributed by atoms with Crippen LogP contribution in [-0.2, 0) is 0 Å². The molecule has 0 bridgehead atoms. The number of aliphatic hydroxyl groups is 1. The molecule has 0 aliphatic heterocycles. The summed E-state index contributed by atoms with van der Waals surface area (Å²) in [6, 6.07) is 7.39. The van der Waals surface area contributed by atoms with Crippen molar-refractivity contribution in [2.24, 2.45) is 0 Å². The van der Waals surface area contributed by atoms with Gasteiger partial charge in [0.05, 0.1) is 6.61 Å². The number of aliphatic hydroxyl groups excluding tert-OH is 1. The second-order valence-corrected chi connectivity index (χ2v) is 4.33. The summed E-state index contributed by atoms with van der Waals surface area (Å²) in [7, 11) is 0. The van der Waals surface area contributed by atoms with E-state index >= 15 is 0 Å². The number of rotatable bonds is 7. The molecule has 0 aliphatic rings. The fourth-order valence-electron chi connectivity index (χ4n) is 1.05. The molecule has 0 heterocycles. The van der Waals surface area contributed by atoms with E-state index in [0.717, 1.165) is 29.4 Å². The van der Waals surface area contributed by atoms with Crippen LogP contribution >= 0.6 is 11.8 Å². The molecule has 4 heteroatoms. The second kappa shape index (κ2) is 7.43. The lowest BCUT2D eigenvalue weighted by Crippen LogP contribution is -2.01. The van der Waals surface area contributed by atoms with E-state index < -0.39 is 0 Å². The number of nitrogen functional groups attached to an aromatic ring is 1. The quantitative estimate of drug-likeness (QED) is 0.550. The van der Waals surface area contributed by atoms with Gasteiger partial charge in [0.2, 0.25) is 0 Å². The third-order valence-electron chi connectivity index (χ3n) is 1.82. The van der Waals surface area contributed by atoms with Crippen molar-refractivity contribution in [3.63, 3.8) is 0 Å². The Labute approximate surface area is 94.6 Å². The number of hydrogen-bond acceptors (Lipinski definition) is 4. The normalized spacial score (nSPS) is 10.2. The maximum Gasteiger partial charge on any atom is 0.119 e. The maximum atomic E-state index is 8.57. The van der Waals surface area contributed by atoms with E-state index in [4.69, 9.17) is 15.6 Å². The van der Waals surface area contributed by atoms with Gasteiger partial charge in [-0.2, -0.15) is 11.8 Å². The van der Waals surface area contributed by atoms with Gasteiger partial charge >= 0.3 is 0 Å². The van der Waals surface area contributed by atoms with Crippen molar-refractivity contribution in [2.45, 2.75) is 6.42 Å². The topological polar surface area (TPSA) is 55.5 Å². The lowest BCUT2D eigenvalue weighted by Gasteiger charge is -2.05. The van der Waals surface area contributed by atoms with Crippen molar-refractivity contribution in [3.8, 4) is 5.75 Å². The number of nitrogens with two attached hydrogens (primary N) is 1. The highest BCUT2D eigenvalue weighted by Crippen LogP contribution is 2.13. The zero-order valence-corrected chi connectivity index (χ0v) is 9.50. The van der Waals surface area contributed by atoms with E-state index in [1.54, 1.807) is 11.8 Å². The van der Waals surface area contributed by atoms with Crippen molar-refractivity contribution in [1.29, 1.82) is 0 Å². The Morgan fingerprint density at radius 3 is 2.60 bits per heavy atom. The molecule has 1 aromatic carbocycles. The summed E-state index contributed by atoms with van der Waals surface area (Å²) in [6.45, 7) is 0.964. The molecule has 3 N–H and O–H groups in total. The molecule has 0 spiro atoms. The van der Waals surface area contributed by atoms with Crippen LogP contribution in [0.2, 0.25) is 0 Å². The number of benzene rings is 1. The first-order valence-corrected chi connectivity index (χ1v) is 6.15. The van der Waals surface area contributed by atoms with E-state index in [2.05, 4.69) is 0 Å². The molecule has 0 fully saturated rings. The first-order valence-electron chi connectivity index (χ1n) is 5.00. The van der Waals surface area contributed by atoms with Gasteiger partial charge in [0.25, 0.3) is 0 Å². The van der Waals surface area contributed by atoms with E-state index in [0.29, 0.717) is 6.61 Å². The molecule has 0 saturated carbocycles. The summed E-state index contributed by atoms with van der Waals surface area (Å²) in [5, 5.41) is 8.57. The van der Waals surface area contributed by atoms with Gasteiger partial charge in [0.15, 0.2) is 0 Å². The fraction of sp³-hybridized carbons (Fsp3) is 0.455. The Morgan fingerprint density at radius 1 is 1.20 bits per heavy atom. The monoisotopic (exact) mass is 227 g/mol. The molecule has 0 unspecified atom stereocenters. The van der Waals surface area contributed by atoms with Crippen LogP contribution in [-0.4, -0.2) is 29.8 Å². The average Bonchev–Trinajstić information content (AvgIpc) is 2.26. The minimum atomic E-state index is 0.270. The highest BCUT2D eigenvalue weighted by molar-refractivity contribution is 7.99. The van der Waals surface area contributed by atoms with Crippen molar-refractivity contribution in [1.82, 2.24) is 0 Å². The fourth-order valence-corrected chi connectivity index (χ4v) is 1.79. The molecule has 0 amide bonds. The summed E-state index contributed by atoms with van der Waals surface area (Å²) >= 11 is 1.79. The largest absolute Gasteiger partial charge is 0.493 e. The molecule has 0 aliphatic carbocycles. The Kier molecular flexibility index (Phi) is 6.04. The third-order valence-corrected chi connectivity index (χ3v) is 2.86. The van der Waals surface area contributed by atoms with Crippen LogP contribution < -0.4 is 10.5 Å². The Hall–Kier alpha value is -0.870. The molecular formula is C11H17NO2S. The summed E-state index contributed by atoms with van der Waals surface area (Å²) in [5.74, 6) is 2.79. The van der Waals surface area contributed by atoms with Gasteiger partial charge in [0.1, 0.15) is 5.75 Å². The van der Waals surface area contributed by atoms with Crippen molar-refractivity contribution >= 4 is 17.4 Å². The van der Waals surface area contributed by atoms with E-state index in [9.17, 15) is 0 Å². The van der Waals surface area contributed by atoms with Gasteiger partial charge in [-0.1, -0.05) is 0 Å². The molecule has 3 nitrogen and oxygen atoms in total. The van der Waals surface area contributed by atoms with E-state index in [1.165, 1.54) is 0 Å². The Bertz CT molecular complexity index is 264. The molecule has 0 radical (unpaired) electrons. The van der Waals surface area contributed by atoms with Crippen molar-refractivity contribution in [2.75, 3.05) is 30.5 Å². The number of hydrogen-bond donors (Lipinski definition) is 2. The molecule has 0 atom stereocenters. The highest BCUT2D eigenvalue weighted by atomic mass is 32.2. The van der Waals surface area contributed by atoms with Crippen LogP contribution in [0.4, 0.5) is 5.69 Å². The molecule has 15 heavy (non-hydrogen) atoms. The molecule has 84 valence electrons. The van der Waals surface area contributed by atoms with Gasteiger partial charge in [-0.3, -0.25) is 0 Å². The third kappa shape index (κ3) is 5.54. The van der Waals surface area contributed by atoms with Gasteiger partial charge in [-0.15, -0.1) is 0 Å². The molecule has 1 aromatic rings. The lowest BCUT2D eigenvalue weighted by molar-refractivity contribution is 0.296. The minimum absolute atomic E-state index is 0.270. The minimum Gasteiger partial charge on any atom is -0.493 e. The second-order valence-electron chi connectivity index (χ2n) is 3.11. The first kappa shape index (κ1) is 12.2. The lowest BCUT2D eigenvalue weighted by atomic mass is 10.3. The average molecular weight is 227 g/mol. The smallest absolute Gasteiger partial charge is 0.119 e. The molecule has 1 rings (SSSR count). The predicted molar refractivity (Wildman–Crippen MR) is 65.4 cm³/mol. The van der Waals surface area contributed by atoms with Crippen molar-refractivity contribution < 1.29 is 9.84 Å². The van der Waals surface area contributed by atoms with Crippen LogP contribution in [0.15, 0.2) is 24.3 Å². The molecule has 0 saturated heterocycles.